The number of fused-ring (bicyclic) bond motifs is 1. The minimum atomic E-state index is -0.673. The number of carboxylic acids is 1. The van der Waals surface area contributed by atoms with E-state index in [9.17, 15) is 19.4 Å². The minimum Gasteiger partial charge on any atom is -0.508 e. The number of carboxylic acid groups (broad SMARTS) is 1. The van der Waals surface area contributed by atoms with Crippen LogP contribution >= 0.6 is 0 Å². The average molecular weight is 464 g/mol. The molecule has 0 spiro atoms. The van der Waals surface area contributed by atoms with E-state index in [-0.39, 0.29) is 28.8 Å². The number of halogens is 1. The zero-order chi connectivity index (χ0) is 23.8. The van der Waals surface area contributed by atoms with Crippen LogP contribution in [0.15, 0.2) is 36.4 Å². The fourth-order valence-corrected chi connectivity index (χ4v) is 7.10. The van der Waals surface area contributed by atoms with Gasteiger partial charge < -0.3 is 19.5 Å². The van der Waals surface area contributed by atoms with Gasteiger partial charge >= 0.3 is 5.97 Å². The summed E-state index contributed by atoms with van der Waals surface area (Å²) in [6.07, 6.45) is 4.02. The van der Waals surface area contributed by atoms with Crippen LogP contribution in [0.2, 0.25) is 0 Å². The van der Waals surface area contributed by atoms with Crippen LogP contribution in [0.5, 0.6) is 5.75 Å². The summed E-state index contributed by atoms with van der Waals surface area (Å²) in [5.74, 6) is -0.281. The molecular weight excluding hydrogens is 433 g/mol. The summed E-state index contributed by atoms with van der Waals surface area (Å²) >= 11 is 0. The summed E-state index contributed by atoms with van der Waals surface area (Å²) in [5.41, 5.74) is 4.33. The van der Waals surface area contributed by atoms with Gasteiger partial charge in [0.05, 0.1) is 10.9 Å². The van der Waals surface area contributed by atoms with Crippen molar-refractivity contribution in [3.8, 4) is 11.4 Å². The third-order valence-electron chi connectivity index (χ3n) is 9.14. The Labute approximate surface area is 198 Å². The molecule has 0 radical (unpaired) electrons. The third-order valence-corrected chi connectivity index (χ3v) is 9.14. The van der Waals surface area contributed by atoms with Gasteiger partial charge in [0.15, 0.2) is 0 Å². The van der Waals surface area contributed by atoms with Gasteiger partial charge in [-0.3, -0.25) is 4.79 Å². The first-order chi connectivity index (χ1) is 16.3. The lowest BCUT2D eigenvalue weighted by atomic mass is 9.28. The lowest BCUT2D eigenvalue weighted by molar-refractivity contribution is -0.267. The minimum absolute atomic E-state index is 0.0123. The van der Waals surface area contributed by atoms with Crippen LogP contribution in [0, 0.1) is 29.5 Å². The fraction of sp³-hybridized carbons (Fsp3) is 0.464. The van der Waals surface area contributed by atoms with Crippen molar-refractivity contribution >= 4 is 16.9 Å². The number of aromatic nitrogens is 1. The highest BCUT2D eigenvalue weighted by atomic mass is 19.1. The van der Waals surface area contributed by atoms with Gasteiger partial charge in [0.25, 0.3) is 0 Å². The molecule has 178 valence electrons. The van der Waals surface area contributed by atoms with E-state index >= 15 is 0 Å². The molecule has 2 bridgehead atoms. The van der Waals surface area contributed by atoms with Gasteiger partial charge in [0, 0.05) is 35.9 Å². The Morgan fingerprint density at radius 1 is 1.18 bits per heavy atom. The molecule has 2 aromatic carbocycles. The maximum absolute atomic E-state index is 14.2. The predicted molar refractivity (Wildman–Crippen MR) is 127 cm³/mol. The van der Waals surface area contributed by atoms with Crippen molar-refractivity contribution in [2.24, 2.45) is 16.7 Å². The zero-order valence-corrected chi connectivity index (χ0v) is 19.6. The number of carbonyl (C=O) groups is 1. The number of rotatable bonds is 5. The summed E-state index contributed by atoms with van der Waals surface area (Å²) < 4.78 is 22.1. The van der Waals surface area contributed by atoms with Crippen molar-refractivity contribution in [3.05, 3.63) is 59.0 Å². The quantitative estimate of drug-likeness (QED) is 0.508. The summed E-state index contributed by atoms with van der Waals surface area (Å²) in [4.78, 5) is 11.9. The van der Waals surface area contributed by atoms with Crippen molar-refractivity contribution < 1.29 is 24.1 Å². The molecule has 34 heavy (non-hydrogen) atoms. The Hall–Kier alpha value is -2.86. The molecular formula is C28H30FNO4. The van der Waals surface area contributed by atoms with Gasteiger partial charge in [-0.25, -0.2) is 4.39 Å². The number of aryl methyl sites for hydroxylation is 1. The number of phenols is 1. The maximum atomic E-state index is 14.2. The second kappa shape index (κ2) is 7.32. The summed E-state index contributed by atoms with van der Waals surface area (Å²) in [6, 6.07) is 10.7. The predicted octanol–water partition coefficient (Wildman–Crippen LogP) is 5.72. The Morgan fingerprint density at radius 2 is 1.91 bits per heavy atom. The van der Waals surface area contributed by atoms with E-state index < -0.39 is 11.4 Å². The van der Waals surface area contributed by atoms with Crippen LogP contribution < -0.4 is 0 Å². The molecule has 6 heteroatoms. The third kappa shape index (κ3) is 2.84. The normalized spacial score (nSPS) is 28.5. The van der Waals surface area contributed by atoms with Crippen molar-refractivity contribution in [3.63, 3.8) is 0 Å². The molecule has 5 nitrogen and oxygen atoms in total. The first-order valence-corrected chi connectivity index (χ1v) is 12.2. The van der Waals surface area contributed by atoms with E-state index in [1.807, 2.05) is 24.3 Å². The molecule has 1 aliphatic heterocycles. The second-order valence-corrected chi connectivity index (χ2v) is 10.8. The first-order valence-electron chi connectivity index (χ1n) is 12.2. The Morgan fingerprint density at radius 3 is 2.56 bits per heavy atom. The van der Waals surface area contributed by atoms with E-state index in [2.05, 4.69) is 11.5 Å². The van der Waals surface area contributed by atoms with Crippen molar-refractivity contribution in [1.29, 1.82) is 0 Å². The highest BCUT2D eigenvalue weighted by Crippen LogP contribution is 2.78. The number of aliphatic carboxylic acids is 1. The Kier molecular flexibility index (Phi) is 4.66. The van der Waals surface area contributed by atoms with Gasteiger partial charge in [-0.15, -0.1) is 0 Å². The van der Waals surface area contributed by atoms with Crippen LogP contribution in [0.3, 0.4) is 0 Å². The van der Waals surface area contributed by atoms with Crippen LogP contribution in [-0.4, -0.2) is 34.0 Å². The van der Waals surface area contributed by atoms with E-state index in [1.54, 1.807) is 13.0 Å². The smallest absolute Gasteiger partial charge is 0.309 e. The second-order valence-electron chi connectivity index (χ2n) is 10.8. The van der Waals surface area contributed by atoms with E-state index in [0.29, 0.717) is 31.6 Å². The van der Waals surface area contributed by atoms with E-state index in [1.165, 1.54) is 17.3 Å². The number of phenolic OH excluding ortho intramolecular Hbond substituents is 1. The van der Waals surface area contributed by atoms with Gasteiger partial charge in [-0.2, -0.15) is 0 Å². The van der Waals surface area contributed by atoms with Crippen LogP contribution in [0.4, 0.5) is 4.39 Å². The molecule has 3 saturated carbocycles. The average Bonchev–Trinajstić information content (AvgIpc) is 3.11. The fourth-order valence-electron chi connectivity index (χ4n) is 7.10. The zero-order valence-electron chi connectivity index (χ0n) is 19.6. The standard InChI is InChI=1S/C28H30FNO4/c1-16-11-19(3-5-23(16)29)30-24-6-4-20(31)12-21(24)22(25(30)18-7-9-34-10-8-18)13-27-14-28(15-27,17(27)2)26(32)33/h3-6,11-12,17-18,31H,7-10,13-15H2,1-2H3,(H,32,33)/t17-,27?,28?/m0/s1. The number of hydrogen-bond acceptors (Lipinski definition) is 3. The molecule has 4 fully saturated rings. The van der Waals surface area contributed by atoms with Gasteiger partial charge in [0.2, 0.25) is 0 Å². The van der Waals surface area contributed by atoms with Crippen LogP contribution in [0.1, 0.15) is 55.3 Å². The highest BCUT2D eigenvalue weighted by Gasteiger charge is 2.76. The molecule has 7 rings (SSSR count). The molecule has 1 atom stereocenters. The monoisotopic (exact) mass is 463 g/mol. The highest BCUT2D eigenvalue weighted by molar-refractivity contribution is 5.89. The summed E-state index contributed by atoms with van der Waals surface area (Å²) in [5, 5.41) is 21.2. The van der Waals surface area contributed by atoms with Gasteiger partial charge in [-0.1, -0.05) is 6.92 Å². The molecule has 3 aromatic rings. The molecule has 0 amide bonds. The van der Waals surface area contributed by atoms with Gasteiger partial charge in [-0.05, 0) is 97.9 Å². The number of benzene rings is 2. The Balaban J connectivity index is 1.55. The summed E-state index contributed by atoms with van der Waals surface area (Å²) in [6.45, 7) is 5.25. The largest absolute Gasteiger partial charge is 0.508 e. The molecule has 1 aromatic heterocycles. The summed E-state index contributed by atoms with van der Waals surface area (Å²) in [7, 11) is 0. The molecule has 2 N–H and O–H groups in total. The lowest BCUT2D eigenvalue weighted by Gasteiger charge is -2.74. The molecule has 0 unspecified atom stereocenters. The Bertz CT molecular complexity index is 1310. The number of aromatic hydroxyl groups is 1. The maximum Gasteiger partial charge on any atom is 0.309 e. The van der Waals surface area contributed by atoms with E-state index in [4.69, 9.17) is 4.74 Å². The number of nitrogens with zero attached hydrogens (tertiary/aromatic N) is 1. The molecule has 3 aliphatic carbocycles. The number of ether oxygens (including phenoxy) is 1. The van der Waals surface area contributed by atoms with Crippen LogP contribution in [0.25, 0.3) is 16.6 Å². The van der Waals surface area contributed by atoms with Crippen molar-refractivity contribution in [1.82, 2.24) is 4.57 Å². The van der Waals surface area contributed by atoms with Gasteiger partial charge in [0.1, 0.15) is 11.6 Å². The lowest BCUT2D eigenvalue weighted by Crippen LogP contribution is -2.73. The molecule has 2 heterocycles. The first kappa shape index (κ1) is 21.7. The molecule has 4 aliphatic rings. The van der Waals surface area contributed by atoms with Crippen molar-refractivity contribution in [2.75, 3.05) is 13.2 Å². The topological polar surface area (TPSA) is 71.7 Å². The van der Waals surface area contributed by atoms with Crippen LogP contribution in [-0.2, 0) is 16.0 Å². The SMILES string of the molecule is Cc1cc(-n2c(C3CCOCC3)c(CC34CC(C(=O)O)(C3)[C@H]4C)c3cc(O)ccc32)ccc1F. The number of hydrogen-bond donors (Lipinski definition) is 2. The van der Waals surface area contributed by atoms with E-state index in [0.717, 1.165) is 35.9 Å². The molecule has 1 saturated heterocycles. The van der Waals surface area contributed by atoms with Crippen molar-refractivity contribution in [2.45, 2.75) is 51.9 Å².